The number of ketones is 1. The summed E-state index contributed by atoms with van der Waals surface area (Å²) in [6, 6.07) is 23.1. The average Bonchev–Trinajstić information content (AvgIpc) is 3.26. The van der Waals surface area contributed by atoms with E-state index in [-0.39, 0.29) is 11.8 Å². The fourth-order valence-corrected chi connectivity index (χ4v) is 4.08. The molecule has 1 aliphatic rings. The number of carbonyl (C=O) groups is 1. The number of hydrogen-bond acceptors (Lipinski definition) is 4. The molecular formula is C26H24N2O3. The third kappa shape index (κ3) is 3.80. The van der Waals surface area contributed by atoms with Gasteiger partial charge in [-0.15, -0.1) is 0 Å². The predicted octanol–water partition coefficient (Wildman–Crippen LogP) is 5.21. The molecule has 0 spiro atoms. The zero-order chi connectivity index (χ0) is 21.2. The minimum Gasteiger partial charge on any atom is -0.486 e. The lowest BCUT2D eigenvalue weighted by molar-refractivity contribution is 0.0938. The summed E-state index contributed by atoms with van der Waals surface area (Å²) in [7, 11) is 0. The average molecular weight is 412 g/mol. The number of nitrogens with one attached hydrogen (secondary N) is 2. The Hall–Kier alpha value is -3.57. The van der Waals surface area contributed by atoms with E-state index in [9.17, 15) is 4.79 Å². The van der Waals surface area contributed by atoms with Gasteiger partial charge in [0, 0.05) is 28.7 Å². The number of carbonyl (C=O) groups excluding carboxylic acids is 1. The topological polar surface area (TPSA) is 63.4 Å². The number of aromatic amines is 1. The molecule has 2 atom stereocenters. The van der Waals surface area contributed by atoms with Crippen molar-refractivity contribution in [3.63, 3.8) is 0 Å². The number of H-pyrrole nitrogens is 1. The number of Topliss-reactive ketones (excluding diaryl/α,β-unsaturated/α-hetero) is 1. The predicted molar refractivity (Wildman–Crippen MR) is 121 cm³/mol. The lowest BCUT2D eigenvalue weighted by atomic mass is 9.95. The van der Waals surface area contributed by atoms with E-state index in [1.807, 2.05) is 72.8 Å². The summed E-state index contributed by atoms with van der Waals surface area (Å²) in [5.74, 6) is 1.54. The largest absolute Gasteiger partial charge is 0.486 e. The second-order valence-corrected chi connectivity index (χ2v) is 7.75. The van der Waals surface area contributed by atoms with Gasteiger partial charge in [-0.2, -0.15) is 0 Å². The zero-order valence-electron chi connectivity index (χ0n) is 17.3. The molecule has 3 aromatic carbocycles. The van der Waals surface area contributed by atoms with Gasteiger partial charge in [0.05, 0.1) is 6.04 Å². The monoisotopic (exact) mass is 412 g/mol. The molecule has 5 nitrogen and oxygen atoms in total. The maximum Gasteiger partial charge on any atom is 0.186 e. The fraction of sp³-hybridized carbons (Fsp3) is 0.192. The minimum atomic E-state index is -0.483. The molecule has 156 valence electrons. The van der Waals surface area contributed by atoms with Crippen LogP contribution in [0.4, 0.5) is 0 Å². The Balaban J connectivity index is 1.48. The molecule has 0 saturated heterocycles. The molecule has 0 saturated carbocycles. The van der Waals surface area contributed by atoms with E-state index in [4.69, 9.17) is 9.47 Å². The van der Waals surface area contributed by atoms with E-state index >= 15 is 0 Å². The first-order chi connectivity index (χ1) is 15.2. The Bertz CT molecular complexity index is 1220. The van der Waals surface area contributed by atoms with Crippen molar-refractivity contribution in [2.75, 3.05) is 13.2 Å². The molecule has 1 aromatic heterocycles. The van der Waals surface area contributed by atoms with Crippen LogP contribution in [0, 0.1) is 0 Å². The van der Waals surface area contributed by atoms with Crippen molar-refractivity contribution in [3.05, 3.63) is 95.7 Å². The number of benzene rings is 3. The molecule has 0 aliphatic carbocycles. The van der Waals surface area contributed by atoms with Crippen LogP contribution in [0.15, 0.2) is 79.0 Å². The Morgan fingerprint density at radius 2 is 1.65 bits per heavy atom. The Labute approximate surface area is 181 Å². The normalized spacial score (nSPS) is 14.9. The van der Waals surface area contributed by atoms with Gasteiger partial charge in [0.2, 0.25) is 0 Å². The summed E-state index contributed by atoms with van der Waals surface area (Å²) in [5, 5.41) is 4.48. The van der Waals surface area contributed by atoms with E-state index in [1.54, 1.807) is 6.20 Å². The highest BCUT2D eigenvalue weighted by atomic mass is 16.6. The van der Waals surface area contributed by atoms with Crippen LogP contribution < -0.4 is 14.8 Å². The summed E-state index contributed by atoms with van der Waals surface area (Å²) in [4.78, 5) is 16.9. The number of hydrogen-bond donors (Lipinski definition) is 2. The van der Waals surface area contributed by atoms with Crippen molar-refractivity contribution in [3.8, 4) is 11.5 Å². The number of fused-ring (bicyclic) bond motifs is 2. The summed E-state index contributed by atoms with van der Waals surface area (Å²) in [6.45, 7) is 3.17. The molecule has 0 radical (unpaired) electrons. The summed E-state index contributed by atoms with van der Waals surface area (Å²) < 4.78 is 11.4. The second kappa shape index (κ2) is 8.28. The van der Waals surface area contributed by atoms with Crippen LogP contribution in [0.5, 0.6) is 11.5 Å². The van der Waals surface area contributed by atoms with E-state index in [0.29, 0.717) is 18.8 Å². The quantitative estimate of drug-likeness (QED) is 0.427. The summed E-state index contributed by atoms with van der Waals surface area (Å²) in [5.41, 5.74) is 3.61. The van der Waals surface area contributed by atoms with Crippen LogP contribution >= 0.6 is 0 Å². The number of para-hydroxylation sites is 1. The third-order valence-corrected chi connectivity index (χ3v) is 5.73. The standard InChI is InChI=1S/C26H24N2O3/c1-17(19-11-12-23-24(15-19)31-14-13-30-23)28-25(18-7-3-2-4-8-18)26(29)21-16-27-22-10-6-5-9-20(21)22/h2-12,15-17,25,27-28H,13-14H2,1H3/t17-,25-/m1/s1. The van der Waals surface area contributed by atoms with Crippen molar-refractivity contribution < 1.29 is 14.3 Å². The van der Waals surface area contributed by atoms with Gasteiger partial charge in [-0.25, -0.2) is 0 Å². The van der Waals surface area contributed by atoms with Gasteiger partial charge in [0.15, 0.2) is 17.3 Å². The summed E-state index contributed by atoms with van der Waals surface area (Å²) in [6.07, 6.45) is 1.80. The van der Waals surface area contributed by atoms with Crippen molar-refractivity contribution in [2.24, 2.45) is 0 Å². The molecule has 0 amide bonds. The van der Waals surface area contributed by atoms with Crippen molar-refractivity contribution in [2.45, 2.75) is 19.0 Å². The van der Waals surface area contributed by atoms with Crippen LogP contribution in [0.2, 0.25) is 0 Å². The van der Waals surface area contributed by atoms with Gasteiger partial charge in [-0.1, -0.05) is 54.6 Å². The Morgan fingerprint density at radius 1 is 0.903 bits per heavy atom. The molecule has 0 bridgehead atoms. The highest BCUT2D eigenvalue weighted by Crippen LogP contribution is 2.34. The van der Waals surface area contributed by atoms with Gasteiger partial charge < -0.3 is 14.5 Å². The molecule has 2 N–H and O–H groups in total. The molecule has 0 fully saturated rings. The first-order valence-electron chi connectivity index (χ1n) is 10.5. The smallest absolute Gasteiger partial charge is 0.186 e. The highest BCUT2D eigenvalue weighted by Gasteiger charge is 2.26. The molecule has 4 aromatic rings. The van der Waals surface area contributed by atoms with E-state index in [0.717, 1.165) is 33.5 Å². The number of rotatable bonds is 6. The first kappa shape index (κ1) is 19.4. The minimum absolute atomic E-state index is 0.0352. The van der Waals surface area contributed by atoms with Crippen molar-refractivity contribution in [1.82, 2.24) is 10.3 Å². The zero-order valence-corrected chi connectivity index (χ0v) is 17.3. The number of aromatic nitrogens is 1. The van der Waals surface area contributed by atoms with Crippen LogP contribution in [0.25, 0.3) is 10.9 Å². The maximum absolute atomic E-state index is 13.7. The third-order valence-electron chi connectivity index (χ3n) is 5.73. The maximum atomic E-state index is 13.7. The second-order valence-electron chi connectivity index (χ2n) is 7.75. The van der Waals surface area contributed by atoms with E-state index < -0.39 is 6.04 Å². The lowest BCUT2D eigenvalue weighted by Crippen LogP contribution is -2.31. The SMILES string of the molecule is C[C@@H](N[C@@H](C(=O)c1c[nH]c2ccccc12)c1ccccc1)c1ccc2c(c1)OCCO2. The van der Waals surface area contributed by atoms with Crippen LogP contribution in [0.3, 0.4) is 0 Å². The fourth-order valence-electron chi connectivity index (χ4n) is 4.08. The molecular weight excluding hydrogens is 388 g/mol. The first-order valence-corrected chi connectivity index (χ1v) is 10.5. The Kier molecular flexibility index (Phi) is 5.18. The van der Waals surface area contributed by atoms with Crippen LogP contribution in [0.1, 0.15) is 40.5 Å². The van der Waals surface area contributed by atoms with Gasteiger partial charge in [0.25, 0.3) is 0 Å². The molecule has 2 heterocycles. The molecule has 1 aliphatic heterocycles. The van der Waals surface area contributed by atoms with Gasteiger partial charge in [-0.05, 0) is 36.2 Å². The lowest BCUT2D eigenvalue weighted by Gasteiger charge is -2.25. The number of ether oxygens (including phenoxy) is 2. The van der Waals surface area contributed by atoms with Crippen LogP contribution in [-0.2, 0) is 0 Å². The van der Waals surface area contributed by atoms with Gasteiger partial charge >= 0.3 is 0 Å². The molecule has 0 unspecified atom stereocenters. The van der Waals surface area contributed by atoms with Gasteiger partial charge in [-0.3, -0.25) is 10.1 Å². The molecule has 31 heavy (non-hydrogen) atoms. The molecule has 5 rings (SSSR count). The van der Waals surface area contributed by atoms with Gasteiger partial charge in [0.1, 0.15) is 13.2 Å². The van der Waals surface area contributed by atoms with E-state index in [2.05, 4.69) is 17.2 Å². The summed E-state index contributed by atoms with van der Waals surface area (Å²) >= 11 is 0. The highest BCUT2D eigenvalue weighted by molar-refractivity contribution is 6.10. The van der Waals surface area contributed by atoms with Crippen molar-refractivity contribution in [1.29, 1.82) is 0 Å². The van der Waals surface area contributed by atoms with Crippen LogP contribution in [-0.4, -0.2) is 24.0 Å². The molecule has 5 heteroatoms. The van der Waals surface area contributed by atoms with Crippen molar-refractivity contribution >= 4 is 16.7 Å². The Morgan fingerprint density at radius 3 is 2.48 bits per heavy atom. The van der Waals surface area contributed by atoms with E-state index in [1.165, 1.54) is 0 Å².